The van der Waals surface area contributed by atoms with Crippen molar-refractivity contribution < 1.29 is 22.7 Å². The van der Waals surface area contributed by atoms with E-state index in [0.29, 0.717) is 23.6 Å². The highest BCUT2D eigenvalue weighted by atomic mass is 32.2. The van der Waals surface area contributed by atoms with Crippen LogP contribution in [-0.4, -0.2) is 32.0 Å². The fourth-order valence-corrected chi connectivity index (χ4v) is 4.14. The predicted molar refractivity (Wildman–Crippen MR) is 133 cm³/mol. The van der Waals surface area contributed by atoms with Crippen molar-refractivity contribution in [2.45, 2.75) is 18.2 Å². The maximum Gasteiger partial charge on any atom is 0.264 e. The van der Waals surface area contributed by atoms with Gasteiger partial charge in [-0.1, -0.05) is 30.3 Å². The minimum atomic E-state index is -3.92. The van der Waals surface area contributed by atoms with Crippen molar-refractivity contribution in [3.8, 4) is 5.75 Å². The van der Waals surface area contributed by atoms with Gasteiger partial charge in [0.25, 0.3) is 15.9 Å². The van der Waals surface area contributed by atoms with Crippen molar-refractivity contribution in [1.29, 1.82) is 0 Å². The quantitative estimate of drug-likeness (QED) is 0.410. The predicted octanol–water partition coefficient (Wildman–Crippen LogP) is 3.26. The molecule has 10 heteroatoms. The summed E-state index contributed by atoms with van der Waals surface area (Å²) >= 11 is 5.16. The Labute approximate surface area is 203 Å². The summed E-state index contributed by atoms with van der Waals surface area (Å²) in [5.74, 6) is -0.432. The second kappa shape index (κ2) is 11.4. The van der Waals surface area contributed by atoms with Crippen LogP contribution >= 0.6 is 12.2 Å². The highest BCUT2D eigenvalue weighted by molar-refractivity contribution is 7.90. The van der Waals surface area contributed by atoms with Crippen molar-refractivity contribution in [1.82, 2.24) is 10.0 Å². The fraction of sp³-hybridized carbons (Fsp3) is 0.125. The summed E-state index contributed by atoms with van der Waals surface area (Å²) in [6.07, 6.45) is 0.781. The van der Waals surface area contributed by atoms with Crippen LogP contribution in [0.3, 0.4) is 0 Å². The minimum absolute atomic E-state index is 0.0469. The zero-order chi connectivity index (χ0) is 24.6. The molecule has 0 spiro atoms. The molecule has 0 atom stereocenters. The first-order valence-electron chi connectivity index (χ1n) is 10.3. The summed E-state index contributed by atoms with van der Waals surface area (Å²) in [5.41, 5.74) is 2.05. The first-order valence-corrected chi connectivity index (χ1v) is 12.1. The van der Waals surface area contributed by atoms with Crippen molar-refractivity contribution in [3.05, 3.63) is 90.0 Å². The highest BCUT2D eigenvalue weighted by Gasteiger charge is 2.15. The monoisotopic (exact) mass is 497 g/mol. The average molecular weight is 498 g/mol. The first kappa shape index (κ1) is 24.9. The van der Waals surface area contributed by atoms with E-state index in [-0.39, 0.29) is 10.0 Å². The molecule has 0 fully saturated rings. The molecule has 3 aromatic carbocycles. The van der Waals surface area contributed by atoms with E-state index in [4.69, 9.17) is 17.0 Å². The molecule has 0 saturated heterocycles. The number of ether oxygens (including phenoxy) is 1. The summed E-state index contributed by atoms with van der Waals surface area (Å²) < 4.78 is 31.6. The smallest absolute Gasteiger partial charge is 0.264 e. The molecule has 0 heterocycles. The number of thiocarbonyl (C=S) groups is 1. The molecular formula is C24H23N3O5S2. The van der Waals surface area contributed by atoms with Crippen LogP contribution in [0.15, 0.2) is 83.8 Å². The molecule has 8 nitrogen and oxygen atoms in total. The number of hydrogen-bond donors (Lipinski definition) is 3. The van der Waals surface area contributed by atoms with E-state index < -0.39 is 21.8 Å². The number of nitrogens with one attached hydrogen (secondary N) is 3. The van der Waals surface area contributed by atoms with E-state index in [1.165, 1.54) is 29.8 Å². The molecule has 0 bridgehead atoms. The maximum atomic E-state index is 12.4. The molecule has 0 aromatic heterocycles. The lowest BCUT2D eigenvalue weighted by Gasteiger charge is -2.11. The summed E-state index contributed by atoms with van der Waals surface area (Å²) in [5, 5.41) is 5.42. The molecule has 3 aromatic rings. The number of hydrogen-bond acceptors (Lipinski definition) is 6. The van der Waals surface area contributed by atoms with Gasteiger partial charge in [0.2, 0.25) is 5.91 Å². The molecule has 3 rings (SSSR count). The van der Waals surface area contributed by atoms with E-state index in [1.54, 1.807) is 24.3 Å². The largest absolute Gasteiger partial charge is 0.493 e. The Morgan fingerprint density at radius 1 is 0.912 bits per heavy atom. The Morgan fingerprint density at radius 3 is 2.18 bits per heavy atom. The van der Waals surface area contributed by atoms with Crippen molar-refractivity contribution in [2.24, 2.45) is 0 Å². The van der Waals surface area contributed by atoms with Crippen LogP contribution in [0, 0.1) is 0 Å². The highest BCUT2D eigenvalue weighted by Crippen LogP contribution is 2.15. The zero-order valence-electron chi connectivity index (χ0n) is 18.3. The van der Waals surface area contributed by atoms with Crippen LogP contribution in [0.2, 0.25) is 0 Å². The van der Waals surface area contributed by atoms with E-state index >= 15 is 0 Å². The molecule has 34 heavy (non-hydrogen) atoms. The standard InChI is InChI=1S/C24H23N3O5S2/c1-17(28)27-34(30,31)22-13-9-20(10-14-22)25-24(33)26-23(29)19-7-11-21(12-8-19)32-16-15-18-5-3-2-4-6-18/h2-14H,15-16H2,1H3,(H,27,28)(H2,25,26,29,33). The van der Waals surface area contributed by atoms with Gasteiger partial charge in [0.05, 0.1) is 11.5 Å². The van der Waals surface area contributed by atoms with Gasteiger partial charge in [-0.15, -0.1) is 0 Å². The number of carbonyl (C=O) groups is 2. The lowest BCUT2D eigenvalue weighted by Crippen LogP contribution is -2.34. The third kappa shape index (κ3) is 7.39. The molecule has 0 radical (unpaired) electrons. The van der Waals surface area contributed by atoms with Crippen LogP contribution in [0.5, 0.6) is 5.75 Å². The van der Waals surface area contributed by atoms with E-state index in [9.17, 15) is 18.0 Å². The molecule has 0 aliphatic heterocycles. The number of carbonyl (C=O) groups excluding carboxylic acids is 2. The molecule has 3 N–H and O–H groups in total. The number of sulfonamides is 1. The van der Waals surface area contributed by atoms with E-state index in [2.05, 4.69) is 10.6 Å². The van der Waals surface area contributed by atoms with Gasteiger partial charge in [-0.05, 0) is 66.3 Å². The van der Waals surface area contributed by atoms with Crippen molar-refractivity contribution in [2.75, 3.05) is 11.9 Å². The van der Waals surface area contributed by atoms with Gasteiger partial charge in [0.1, 0.15) is 5.75 Å². The van der Waals surface area contributed by atoms with Gasteiger partial charge in [-0.2, -0.15) is 0 Å². The molecule has 0 aliphatic carbocycles. The third-order valence-corrected chi connectivity index (χ3v) is 6.20. The Morgan fingerprint density at radius 2 is 1.56 bits per heavy atom. The summed E-state index contributed by atoms with van der Waals surface area (Å²) in [6.45, 7) is 1.63. The summed E-state index contributed by atoms with van der Waals surface area (Å²) in [6, 6.07) is 22.3. The number of anilines is 1. The van der Waals surface area contributed by atoms with Crippen molar-refractivity contribution in [3.63, 3.8) is 0 Å². The Hall–Kier alpha value is -3.76. The van der Waals surface area contributed by atoms with Crippen LogP contribution < -0.4 is 20.1 Å². The number of amides is 2. The number of rotatable bonds is 8. The Kier molecular flexibility index (Phi) is 8.34. The zero-order valence-corrected chi connectivity index (χ0v) is 19.9. The van der Waals surface area contributed by atoms with E-state index in [0.717, 1.165) is 13.3 Å². The van der Waals surface area contributed by atoms with Gasteiger partial charge in [-0.3, -0.25) is 14.9 Å². The Bertz CT molecular complexity index is 1260. The average Bonchev–Trinajstić information content (AvgIpc) is 2.79. The lowest BCUT2D eigenvalue weighted by molar-refractivity contribution is -0.117. The SMILES string of the molecule is CC(=O)NS(=O)(=O)c1ccc(NC(=S)NC(=O)c2ccc(OCCc3ccccc3)cc2)cc1. The van der Waals surface area contributed by atoms with E-state index in [1.807, 2.05) is 35.1 Å². The molecule has 176 valence electrons. The van der Waals surface area contributed by atoms with Crippen LogP contribution in [0.4, 0.5) is 5.69 Å². The topological polar surface area (TPSA) is 114 Å². The third-order valence-electron chi connectivity index (χ3n) is 4.55. The maximum absolute atomic E-state index is 12.4. The second-order valence-electron chi connectivity index (χ2n) is 7.20. The van der Waals surface area contributed by atoms with Gasteiger partial charge in [0.15, 0.2) is 5.11 Å². The van der Waals surface area contributed by atoms with Gasteiger partial charge in [-0.25, -0.2) is 13.1 Å². The Balaban J connectivity index is 1.49. The van der Waals surface area contributed by atoms with Gasteiger partial charge < -0.3 is 10.1 Å². The normalized spacial score (nSPS) is 10.7. The molecular weight excluding hydrogens is 474 g/mol. The second-order valence-corrected chi connectivity index (χ2v) is 9.29. The first-order chi connectivity index (χ1) is 16.2. The van der Waals surface area contributed by atoms with Gasteiger partial charge >= 0.3 is 0 Å². The lowest BCUT2D eigenvalue weighted by atomic mass is 10.2. The molecule has 0 aliphatic rings. The summed E-state index contributed by atoms with van der Waals surface area (Å²) in [4.78, 5) is 23.4. The van der Waals surface area contributed by atoms with Crippen LogP contribution in [-0.2, 0) is 21.2 Å². The van der Waals surface area contributed by atoms with Crippen molar-refractivity contribution >= 4 is 44.9 Å². The summed E-state index contributed by atoms with van der Waals surface area (Å²) in [7, 11) is -3.92. The van der Waals surface area contributed by atoms with Crippen LogP contribution in [0.25, 0.3) is 0 Å². The minimum Gasteiger partial charge on any atom is -0.493 e. The molecule has 0 saturated carbocycles. The van der Waals surface area contributed by atoms with Gasteiger partial charge in [0, 0.05) is 24.6 Å². The fourth-order valence-electron chi connectivity index (χ4n) is 2.94. The molecule has 0 unspecified atom stereocenters. The van der Waals surface area contributed by atoms with Crippen LogP contribution in [0.1, 0.15) is 22.8 Å². The number of benzene rings is 3. The molecule has 2 amide bonds.